The van der Waals surface area contributed by atoms with Gasteiger partial charge in [-0.2, -0.15) is 0 Å². The molecule has 1 fully saturated rings. The SMILES string of the molecule is NC(=O)C1COCCN1C(=O)/C=C/c1ccc(N)cc1. The van der Waals surface area contributed by atoms with Crippen molar-refractivity contribution in [2.24, 2.45) is 5.73 Å². The topological polar surface area (TPSA) is 98.7 Å². The Hall–Kier alpha value is -2.34. The second-order valence-corrected chi connectivity index (χ2v) is 4.52. The molecular formula is C14H17N3O3. The quantitative estimate of drug-likeness (QED) is 0.599. The van der Waals surface area contributed by atoms with Crippen LogP contribution in [0, 0.1) is 0 Å². The summed E-state index contributed by atoms with van der Waals surface area (Å²) in [7, 11) is 0. The standard InChI is InChI=1S/C14H17N3O3/c15-11-4-1-10(2-5-11)3-6-13(18)17-7-8-20-9-12(17)14(16)19/h1-6,12H,7-9,15H2,(H2,16,19)/b6-3+. The summed E-state index contributed by atoms with van der Waals surface area (Å²) in [6.45, 7) is 0.917. The van der Waals surface area contributed by atoms with Crippen LogP contribution >= 0.6 is 0 Å². The van der Waals surface area contributed by atoms with Crippen LogP contribution in [0.15, 0.2) is 30.3 Å². The van der Waals surface area contributed by atoms with Crippen molar-refractivity contribution in [3.05, 3.63) is 35.9 Å². The van der Waals surface area contributed by atoms with Crippen molar-refractivity contribution < 1.29 is 14.3 Å². The molecule has 1 aromatic carbocycles. The minimum Gasteiger partial charge on any atom is -0.399 e. The predicted octanol–water partition coefficient (Wildman–Crippen LogP) is -0.00530. The smallest absolute Gasteiger partial charge is 0.247 e. The number of hydrogen-bond donors (Lipinski definition) is 2. The van der Waals surface area contributed by atoms with Gasteiger partial charge in [-0.3, -0.25) is 9.59 Å². The Morgan fingerprint density at radius 2 is 2.00 bits per heavy atom. The highest BCUT2D eigenvalue weighted by Gasteiger charge is 2.30. The van der Waals surface area contributed by atoms with E-state index in [0.717, 1.165) is 5.56 Å². The average Bonchev–Trinajstić information content (AvgIpc) is 2.46. The molecule has 0 saturated carbocycles. The predicted molar refractivity (Wildman–Crippen MR) is 75.4 cm³/mol. The molecule has 2 amide bonds. The number of benzene rings is 1. The van der Waals surface area contributed by atoms with Gasteiger partial charge in [0.1, 0.15) is 6.04 Å². The number of ether oxygens (including phenoxy) is 1. The van der Waals surface area contributed by atoms with E-state index in [0.29, 0.717) is 18.8 Å². The van der Waals surface area contributed by atoms with Gasteiger partial charge in [0.25, 0.3) is 0 Å². The monoisotopic (exact) mass is 275 g/mol. The molecule has 1 atom stereocenters. The number of carbonyl (C=O) groups excluding carboxylic acids is 2. The van der Waals surface area contributed by atoms with E-state index >= 15 is 0 Å². The summed E-state index contributed by atoms with van der Waals surface area (Å²) < 4.78 is 5.17. The molecule has 1 heterocycles. The first kappa shape index (κ1) is 14.1. The summed E-state index contributed by atoms with van der Waals surface area (Å²) in [5, 5.41) is 0. The fourth-order valence-electron chi connectivity index (χ4n) is 1.97. The van der Waals surface area contributed by atoms with E-state index in [1.807, 2.05) is 12.1 Å². The van der Waals surface area contributed by atoms with Crippen LogP contribution in [0.25, 0.3) is 6.08 Å². The van der Waals surface area contributed by atoms with Gasteiger partial charge < -0.3 is 21.1 Å². The van der Waals surface area contributed by atoms with Gasteiger partial charge in [-0.1, -0.05) is 12.1 Å². The zero-order valence-corrected chi connectivity index (χ0v) is 11.0. The van der Waals surface area contributed by atoms with Gasteiger partial charge in [0.15, 0.2) is 0 Å². The van der Waals surface area contributed by atoms with Crippen LogP contribution in [-0.2, 0) is 14.3 Å². The summed E-state index contributed by atoms with van der Waals surface area (Å²) in [4.78, 5) is 24.8. The van der Waals surface area contributed by atoms with E-state index in [1.165, 1.54) is 11.0 Å². The lowest BCUT2D eigenvalue weighted by Gasteiger charge is -2.32. The Morgan fingerprint density at radius 3 is 2.65 bits per heavy atom. The maximum absolute atomic E-state index is 12.1. The molecule has 0 bridgehead atoms. The second-order valence-electron chi connectivity index (χ2n) is 4.52. The van der Waals surface area contributed by atoms with Crippen molar-refractivity contribution in [1.82, 2.24) is 4.90 Å². The highest BCUT2D eigenvalue weighted by atomic mass is 16.5. The van der Waals surface area contributed by atoms with Crippen LogP contribution in [0.3, 0.4) is 0 Å². The van der Waals surface area contributed by atoms with E-state index in [4.69, 9.17) is 16.2 Å². The molecule has 0 spiro atoms. The fourth-order valence-corrected chi connectivity index (χ4v) is 1.97. The van der Waals surface area contributed by atoms with Gasteiger partial charge in [-0.05, 0) is 23.8 Å². The molecule has 1 aromatic rings. The molecule has 6 heteroatoms. The molecule has 2 rings (SSSR count). The van der Waals surface area contributed by atoms with Crippen molar-refractivity contribution in [2.75, 3.05) is 25.5 Å². The van der Waals surface area contributed by atoms with Crippen molar-refractivity contribution in [3.8, 4) is 0 Å². The number of nitrogens with two attached hydrogens (primary N) is 2. The number of carbonyl (C=O) groups is 2. The van der Waals surface area contributed by atoms with Gasteiger partial charge in [-0.15, -0.1) is 0 Å². The molecule has 1 unspecified atom stereocenters. The molecule has 0 aliphatic carbocycles. The van der Waals surface area contributed by atoms with E-state index in [9.17, 15) is 9.59 Å². The number of primary amides is 1. The van der Waals surface area contributed by atoms with Crippen LogP contribution in [0.2, 0.25) is 0 Å². The highest BCUT2D eigenvalue weighted by molar-refractivity contribution is 5.95. The molecule has 1 saturated heterocycles. The molecule has 6 nitrogen and oxygen atoms in total. The normalized spacial score (nSPS) is 19.2. The number of hydrogen-bond acceptors (Lipinski definition) is 4. The number of amides is 2. The molecule has 106 valence electrons. The summed E-state index contributed by atoms with van der Waals surface area (Å²) >= 11 is 0. The molecule has 4 N–H and O–H groups in total. The summed E-state index contributed by atoms with van der Waals surface area (Å²) in [5.74, 6) is -0.812. The molecule has 1 aliphatic rings. The Bertz CT molecular complexity index is 525. The molecule has 0 aromatic heterocycles. The lowest BCUT2D eigenvalue weighted by molar-refractivity contribution is -0.143. The molecular weight excluding hydrogens is 258 g/mol. The Labute approximate surface area is 117 Å². The molecule has 1 aliphatic heterocycles. The van der Waals surface area contributed by atoms with E-state index in [-0.39, 0.29) is 12.5 Å². The minimum absolute atomic E-state index is 0.150. The van der Waals surface area contributed by atoms with Crippen molar-refractivity contribution in [1.29, 1.82) is 0 Å². The maximum Gasteiger partial charge on any atom is 0.247 e. The summed E-state index contributed by atoms with van der Waals surface area (Å²) in [6.07, 6.45) is 3.10. The van der Waals surface area contributed by atoms with Gasteiger partial charge in [-0.25, -0.2) is 0 Å². The number of nitrogens with zero attached hydrogens (tertiary/aromatic N) is 1. The first-order valence-corrected chi connectivity index (χ1v) is 6.29. The van der Waals surface area contributed by atoms with E-state index in [2.05, 4.69) is 0 Å². The van der Waals surface area contributed by atoms with Gasteiger partial charge >= 0.3 is 0 Å². The lowest BCUT2D eigenvalue weighted by Crippen LogP contribution is -2.54. The zero-order valence-electron chi connectivity index (χ0n) is 11.0. The molecule has 20 heavy (non-hydrogen) atoms. The van der Waals surface area contributed by atoms with Crippen LogP contribution in [0.5, 0.6) is 0 Å². The zero-order chi connectivity index (χ0) is 14.5. The van der Waals surface area contributed by atoms with Gasteiger partial charge in [0, 0.05) is 18.3 Å². The number of nitrogen functional groups attached to an aromatic ring is 1. The van der Waals surface area contributed by atoms with Crippen LogP contribution < -0.4 is 11.5 Å². The van der Waals surface area contributed by atoms with E-state index < -0.39 is 11.9 Å². The highest BCUT2D eigenvalue weighted by Crippen LogP contribution is 2.10. The largest absolute Gasteiger partial charge is 0.399 e. The number of morpholine rings is 1. The number of rotatable bonds is 3. The third kappa shape index (κ3) is 3.36. The third-order valence-corrected chi connectivity index (χ3v) is 3.09. The Balaban J connectivity index is 2.06. The first-order valence-electron chi connectivity index (χ1n) is 6.29. The Morgan fingerprint density at radius 1 is 1.30 bits per heavy atom. The van der Waals surface area contributed by atoms with Crippen molar-refractivity contribution in [3.63, 3.8) is 0 Å². The lowest BCUT2D eigenvalue weighted by atomic mass is 10.1. The fraction of sp³-hybridized carbons (Fsp3) is 0.286. The Kier molecular flexibility index (Phi) is 4.37. The summed E-state index contributed by atoms with van der Waals surface area (Å²) in [5.41, 5.74) is 12.4. The van der Waals surface area contributed by atoms with Crippen LogP contribution in [-0.4, -0.2) is 42.5 Å². The first-order chi connectivity index (χ1) is 9.58. The summed E-state index contributed by atoms with van der Waals surface area (Å²) in [6, 6.07) is 6.43. The third-order valence-electron chi connectivity index (χ3n) is 3.09. The van der Waals surface area contributed by atoms with E-state index in [1.54, 1.807) is 18.2 Å². The second kappa shape index (κ2) is 6.21. The average molecular weight is 275 g/mol. The van der Waals surface area contributed by atoms with Gasteiger partial charge in [0.2, 0.25) is 11.8 Å². The van der Waals surface area contributed by atoms with Crippen LogP contribution in [0.1, 0.15) is 5.56 Å². The van der Waals surface area contributed by atoms with Crippen LogP contribution in [0.4, 0.5) is 5.69 Å². The number of anilines is 1. The van der Waals surface area contributed by atoms with Crippen molar-refractivity contribution in [2.45, 2.75) is 6.04 Å². The van der Waals surface area contributed by atoms with Gasteiger partial charge in [0.05, 0.1) is 13.2 Å². The maximum atomic E-state index is 12.1. The van der Waals surface area contributed by atoms with Crippen molar-refractivity contribution >= 4 is 23.6 Å². The minimum atomic E-state index is -0.702. The molecule has 0 radical (unpaired) electrons.